The number of carbonyl (C=O) groups is 2. The van der Waals surface area contributed by atoms with Gasteiger partial charge in [0.25, 0.3) is 11.1 Å². The first-order chi connectivity index (χ1) is 13.0. The molecule has 1 saturated heterocycles. The Hall–Kier alpha value is -1.95. The molecule has 0 atom stereocenters. The fourth-order valence-corrected chi connectivity index (χ4v) is 4.24. The van der Waals surface area contributed by atoms with E-state index in [1.54, 1.807) is 24.3 Å². The number of hydrogen-bond donors (Lipinski definition) is 0. The Balaban J connectivity index is 1.55. The van der Waals surface area contributed by atoms with Gasteiger partial charge in [-0.1, -0.05) is 35.3 Å². The first kappa shape index (κ1) is 18.4. The van der Waals surface area contributed by atoms with Crippen LogP contribution in [0.3, 0.4) is 0 Å². The van der Waals surface area contributed by atoms with Gasteiger partial charge in [-0.2, -0.15) is 0 Å². The second-order valence-electron chi connectivity index (χ2n) is 6.34. The van der Waals surface area contributed by atoms with Gasteiger partial charge in [-0.05, 0) is 71.6 Å². The van der Waals surface area contributed by atoms with E-state index >= 15 is 0 Å². The summed E-state index contributed by atoms with van der Waals surface area (Å²) in [5.74, 6) is 0.594. The summed E-state index contributed by atoms with van der Waals surface area (Å²) < 4.78 is 5.61. The molecule has 0 spiro atoms. The summed E-state index contributed by atoms with van der Waals surface area (Å²) in [4.78, 5) is 26.7. The Labute approximate surface area is 171 Å². The predicted molar refractivity (Wildman–Crippen MR) is 108 cm³/mol. The second kappa shape index (κ2) is 7.58. The smallest absolute Gasteiger partial charge is 0.293 e. The van der Waals surface area contributed by atoms with Crippen LogP contribution in [0.25, 0.3) is 6.08 Å². The Bertz CT molecular complexity index is 974. The van der Waals surface area contributed by atoms with Crippen molar-refractivity contribution in [2.75, 3.05) is 6.61 Å². The van der Waals surface area contributed by atoms with Crippen molar-refractivity contribution in [2.24, 2.45) is 0 Å². The number of hydrogen-bond acceptors (Lipinski definition) is 4. The normalized spacial score (nSPS) is 18.0. The molecule has 2 aliphatic heterocycles. The monoisotopic (exact) mass is 419 g/mol. The average Bonchev–Trinajstić information content (AvgIpc) is 2.92. The van der Waals surface area contributed by atoms with Gasteiger partial charge in [-0.3, -0.25) is 14.5 Å². The third kappa shape index (κ3) is 3.86. The van der Waals surface area contributed by atoms with Crippen molar-refractivity contribution in [1.29, 1.82) is 0 Å². The molecule has 2 heterocycles. The zero-order valence-corrected chi connectivity index (χ0v) is 16.5. The van der Waals surface area contributed by atoms with E-state index in [9.17, 15) is 9.59 Å². The molecule has 2 amide bonds. The Morgan fingerprint density at radius 3 is 2.78 bits per heavy atom. The summed E-state index contributed by atoms with van der Waals surface area (Å²) >= 11 is 12.9. The number of benzene rings is 2. The largest absolute Gasteiger partial charge is 0.493 e. The maximum absolute atomic E-state index is 12.7. The van der Waals surface area contributed by atoms with Crippen LogP contribution >= 0.6 is 35.0 Å². The predicted octanol–water partition coefficient (Wildman–Crippen LogP) is 5.55. The Morgan fingerprint density at radius 2 is 1.96 bits per heavy atom. The molecule has 0 N–H and O–H groups in total. The van der Waals surface area contributed by atoms with Crippen LogP contribution < -0.4 is 4.74 Å². The van der Waals surface area contributed by atoms with Crippen molar-refractivity contribution in [3.63, 3.8) is 0 Å². The third-order valence-corrected chi connectivity index (χ3v) is 6.08. The van der Waals surface area contributed by atoms with Crippen LogP contribution in [0.2, 0.25) is 10.0 Å². The zero-order chi connectivity index (χ0) is 19.0. The molecule has 4 rings (SSSR count). The number of imide groups is 1. The molecule has 1 fully saturated rings. The molecule has 7 heteroatoms. The first-order valence-electron chi connectivity index (χ1n) is 8.46. The number of ether oxygens (including phenoxy) is 1. The summed E-state index contributed by atoms with van der Waals surface area (Å²) in [7, 11) is 0. The number of halogens is 2. The topological polar surface area (TPSA) is 46.6 Å². The number of aryl methyl sites for hydroxylation is 1. The summed E-state index contributed by atoms with van der Waals surface area (Å²) in [6.45, 7) is 0.900. The molecule has 27 heavy (non-hydrogen) atoms. The van der Waals surface area contributed by atoms with Gasteiger partial charge in [-0.15, -0.1) is 0 Å². The first-order valence-corrected chi connectivity index (χ1v) is 10.0. The molecule has 2 aliphatic rings. The molecule has 0 aliphatic carbocycles. The molecule has 0 unspecified atom stereocenters. The van der Waals surface area contributed by atoms with E-state index in [4.69, 9.17) is 27.9 Å². The molecule has 2 aromatic carbocycles. The summed E-state index contributed by atoms with van der Waals surface area (Å²) in [6, 6.07) is 10.9. The number of carbonyl (C=O) groups excluding carboxylic acids is 2. The minimum absolute atomic E-state index is 0.164. The molecule has 0 saturated carbocycles. The van der Waals surface area contributed by atoms with Gasteiger partial charge in [0.15, 0.2) is 0 Å². The highest BCUT2D eigenvalue weighted by Crippen LogP contribution is 2.35. The standard InChI is InChI=1S/C20H15Cl2NO3S/c21-15-5-3-13(9-16(15)22)11-23-19(24)18(27-20(23)25)10-12-4-6-17-14(8-12)2-1-7-26-17/h3-6,8-10H,1-2,7,11H2/b18-10+. The van der Waals surface area contributed by atoms with Crippen molar-refractivity contribution < 1.29 is 14.3 Å². The molecule has 4 nitrogen and oxygen atoms in total. The number of nitrogens with zero attached hydrogens (tertiary/aromatic N) is 1. The zero-order valence-electron chi connectivity index (χ0n) is 14.2. The van der Waals surface area contributed by atoms with Gasteiger partial charge in [0.05, 0.1) is 28.1 Å². The number of rotatable bonds is 3. The van der Waals surface area contributed by atoms with Gasteiger partial charge in [0.2, 0.25) is 0 Å². The fourth-order valence-electron chi connectivity index (χ4n) is 3.08. The SMILES string of the molecule is O=C1S/C(=C/c2ccc3c(c2)CCCO3)C(=O)N1Cc1ccc(Cl)c(Cl)c1. The average molecular weight is 420 g/mol. The van der Waals surface area contributed by atoms with E-state index < -0.39 is 0 Å². The van der Waals surface area contributed by atoms with Crippen LogP contribution in [0, 0.1) is 0 Å². The quantitative estimate of drug-likeness (QED) is 0.611. The summed E-state index contributed by atoms with van der Waals surface area (Å²) in [5.41, 5.74) is 2.77. The maximum atomic E-state index is 12.7. The highest BCUT2D eigenvalue weighted by molar-refractivity contribution is 8.18. The Morgan fingerprint density at radius 1 is 1.11 bits per heavy atom. The fraction of sp³-hybridized carbons (Fsp3) is 0.200. The van der Waals surface area contributed by atoms with E-state index in [1.165, 1.54) is 4.90 Å². The third-order valence-electron chi connectivity index (χ3n) is 4.43. The van der Waals surface area contributed by atoms with Crippen molar-refractivity contribution >= 4 is 52.2 Å². The number of fused-ring (bicyclic) bond motifs is 1. The van der Waals surface area contributed by atoms with E-state index in [1.807, 2.05) is 18.2 Å². The highest BCUT2D eigenvalue weighted by Gasteiger charge is 2.35. The minimum atomic E-state index is -0.301. The van der Waals surface area contributed by atoms with Crippen LogP contribution in [0.4, 0.5) is 4.79 Å². The van der Waals surface area contributed by atoms with Gasteiger partial charge in [0.1, 0.15) is 5.75 Å². The molecule has 0 aromatic heterocycles. The minimum Gasteiger partial charge on any atom is -0.493 e. The number of amides is 2. The maximum Gasteiger partial charge on any atom is 0.293 e. The molecular weight excluding hydrogens is 405 g/mol. The molecule has 2 aromatic rings. The van der Waals surface area contributed by atoms with E-state index in [-0.39, 0.29) is 17.7 Å². The van der Waals surface area contributed by atoms with Crippen molar-refractivity contribution in [3.05, 3.63) is 68.0 Å². The van der Waals surface area contributed by atoms with Crippen molar-refractivity contribution in [2.45, 2.75) is 19.4 Å². The molecule has 138 valence electrons. The van der Waals surface area contributed by atoms with Gasteiger partial charge >= 0.3 is 0 Å². The highest BCUT2D eigenvalue weighted by atomic mass is 35.5. The van der Waals surface area contributed by atoms with E-state index in [0.29, 0.717) is 15.0 Å². The van der Waals surface area contributed by atoms with Crippen LogP contribution in [0.15, 0.2) is 41.3 Å². The summed E-state index contributed by atoms with van der Waals surface area (Å²) in [5, 5.41) is 0.539. The van der Waals surface area contributed by atoms with Gasteiger partial charge in [0, 0.05) is 0 Å². The molecule has 0 radical (unpaired) electrons. The van der Waals surface area contributed by atoms with Gasteiger partial charge in [-0.25, -0.2) is 0 Å². The van der Waals surface area contributed by atoms with E-state index in [0.717, 1.165) is 53.7 Å². The second-order valence-corrected chi connectivity index (χ2v) is 8.14. The van der Waals surface area contributed by atoms with Crippen LogP contribution in [0.5, 0.6) is 5.75 Å². The van der Waals surface area contributed by atoms with Crippen LogP contribution in [0.1, 0.15) is 23.1 Å². The molecular formula is C20H15Cl2NO3S. The van der Waals surface area contributed by atoms with Crippen LogP contribution in [-0.4, -0.2) is 22.7 Å². The van der Waals surface area contributed by atoms with Gasteiger partial charge < -0.3 is 4.74 Å². The lowest BCUT2D eigenvalue weighted by Crippen LogP contribution is -2.27. The lowest BCUT2D eigenvalue weighted by atomic mass is 10.0. The van der Waals surface area contributed by atoms with Crippen molar-refractivity contribution in [1.82, 2.24) is 4.90 Å². The lowest BCUT2D eigenvalue weighted by Gasteiger charge is -2.17. The summed E-state index contributed by atoms with van der Waals surface area (Å²) in [6.07, 6.45) is 3.70. The van der Waals surface area contributed by atoms with Crippen molar-refractivity contribution in [3.8, 4) is 5.75 Å². The number of thioether (sulfide) groups is 1. The van der Waals surface area contributed by atoms with Crippen LogP contribution in [-0.2, 0) is 17.8 Å². The molecule has 0 bridgehead atoms. The lowest BCUT2D eigenvalue weighted by molar-refractivity contribution is -0.123. The van der Waals surface area contributed by atoms with E-state index in [2.05, 4.69) is 0 Å². The Kier molecular flexibility index (Phi) is 5.17.